The van der Waals surface area contributed by atoms with Crippen LogP contribution in [0.1, 0.15) is 13.3 Å². The Labute approximate surface area is 54.1 Å². The molecule has 0 saturated heterocycles. The van der Waals surface area contributed by atoms with E-state index in [2.05, 4.69) is 0 Å². The Hall–Kier alpha value is -0.420. The average molecular weight is 151 g/mol. The van der Waals surface area contributed by atoms with Gasteiger partial charge in [-0.3, -0.25) is 4.55 Å². The molecule has 2 N–H and O–H groups in total. The van der Waals surface area contributed by atoms with Crippen molar-refractivity contribution in [2.75, 3.05) is 0 Å². The Morgan fingerprint density at radius 1 is 1.78 bits per heavy atom. The molecule has 0 aromatic carbocycles. The van der Waals surface area contributed by atoms with Gasteiger partial charge < -0.3 is 5.41 Å². The quantitative estimate of drug-likeness (QED) is 0.450. The Morgan fingerprint density at radius 2 is 2.22 bits per heavy atom. The van der Waals surface area contributed by atoms with Crippen LogP contribution in [0.5, 0.6) is 0 Å². The number of rotatable bonds is 3. The molecule has 0 aliphatic carbocycles. The first-order valence-corrected chi connectivity index (χ1v) is 3.99. The Balaban J connectivity index is 4.32. The fraction of sp³-hybridized carbons (Fsp3) is 0.750. The molecule has 1 atom stereocenters. The maximum absolute atomic E-state index is 10.2. The number of hydrogen-bond acceptors (Lipinski definition) is 3. The summed E-state index contributed by atoms with van der Waals surface area (Å²) >= 11 is 0. The minimum absolute atomic E-state index is 0.238. The standard InChI is InChI=1S/C4H9NO3S/c1-2-4(3-5)9(6,7)8/h3-5H,2H2,1H3,(H,6,7,8). The van der Waals surface area contributed by atoms with Gasteiger partial charge in [-0.05, 0) is 6.42 Å². The van der Waals surface area contributed by atoms with Crippen LogP contribution in [0.25, 0.3) is 0 Å². The monoisotopic (exact) mass is 151 g/mol. The SMILES string of the molecule is CCC(C=N)S(=O)(=O)O. The van der Waals surface area contributed by atoms with E-state index in [0.29, 0.717) is 0 Å². The van der Waals surface area contributed by atoms with Crippen LogP contribution in [0.3, 0.4) is 0 Å². The van der Waals surface area contributed by atoms with Gasteiger partial charge in [-0.15, -0.1) is 0 Å². The van der Waals surface area contributed by atoms with E-state index in [0.717, 1.165) is 6.21 Å². The van der Waals surface area contributed by atoms with Gasteiger partial charge in [-0.1, -0.05) is 6.92 Å². The lowest BCUT2D eigenvalue weighted by molar-refractivity contribution is 0.476. The largest absolute Gasteiger partial charge is 0.312 e. The molecule has 0 spiro atoms. The molecule has 1 unspecified atom stereocenters. The molecular formula is C4H9NO3S. The summed E-state index contributed by atoms with van der Waals surface area (Å²) in [5.41, 5.74) is 0. The van der Waals surface area contributed by atoms with E-state index in [1.165, 1.54) is 0 Å². The molecule has 0 saturated carbocycles. The molecule has 0 radical (unpaired) electrons. The van der Waals surface area contributed by atoms with Crippen LogP contribution in [-0.4, -0.2) is 24.4 Å². The van der Waals surface area contributed by atoms with Gasteiger partial charge in [0, 0.05) is 6.21 Å². The molecule has 0 fully saturated rings. The van der Waals surface area contributed by atoms with Crippen molar-refractivity contribution in [3.63, 3.8) is 0 Å². The summed E-state index contributed by atoms with van der Waals surface area (Å²) in [5, 5.41) is 5.52. The van der Waals surface area contributed by atoms with E-state index in [9.17, 15) is 8.42 Å². The molecule has 4 nitrogen and oxygen atoms in total. The molecule has 0 aliphatic rings. The molecule has 0 heterocycles. The zero-order valence-electron chi connectivity index (χ0n) is 5.03. The summed E-state index contributed by atoms with van der Waals surface area (Å²) in [5.74, 6) is 0. The van der Waals surface area contributed by atoms with Crippen LogP contribution < -0.4 is 0 Å². The highest BCUT2D eigenvalue weighted by molar-refractivity contribution is 7.87. The van der Waals surface area contributed by atoms with Crippen LogP contribution in [-0.2, 0) is 10.1 Å². The van der Waals surface area contributed by atoms with Crippen molar-refractivity contribution in [2.45, 2.75) is 18.6 Å². The zero-order chi connectivity index (χ0) is 7.49. The van der Waals surface area contributed by atoms with Crippen molar-refractivity contribution in [3.8, 4) is 0 Å². The first-order valence-electron chi connectivity index (χ1n) is 2.49. The fourth-order valence-electron chi connectivity index (χ4n) is 0.414. The van der Waals surface area contributed by atoms with Gasteiger partial charge in [0.2, 0.25) is 0 Å². The van der Waals surface area contributed by atoms with Crippen molar-refractivity contribution in [1.82, 2.24) is 0 Å². The van der Waals surface area contributed by atoms with Gasteiger partial charge in [0.1, 0.15) is 5.25 Å². The van der Waals surface area contributed by atoms with Gasteiger partial charge in [-0.25, -0.2) is 0 Å². The summed E-state index contributed by atoms with van der Waals surface area (Å²) in [4.78, 5) is 0. The lowest BCUT2D eigenvalue weighted by atomic mass is 10.4. The minimum atomic E-state index is -4.01. The molecule has 0 amide bonds. The van der Waals surface area contributed by atoms with Crippen molar-refractivity contribution in [3.05, 3.63) is 0 Å². The van der Waals surface area contributed by atoms with Crippen molar-refractivity contribution in [1.29, 1.82) is 5.41 Å². The van der Waals surface area contributed by atoms with Gasteiger partial charge in [-0.2, -0.15) is 8.42 Å². The van der Waals surface area contributed by atoms with Crippen LogP contribution in [0, 0.1) is 5.41 Å². The lowest BCUT2D eigenvalue weighted by Crippen LogP contribution is -2.20. The molecule has 5 heteroatoms. The maximum Gasteiger partial charge on any atom is 0.272 e. The number of nitrogens with one attached hydrogen (secondary N) is 1. The second-order valence-electron chi connectivity index (χ2n) is 1.63. The Bertz CT molecular complexity index is 184. The molecule has 0 rings (SSSR count). The predicted octanol–water partition coefficient (Wildman–Crippen LogP) is 0.302. The van der Waals surface area contributed by atoms with E-state index >= 15 is 0 Å². The minimum Gasteiger partial charge on any atom is -0.312 e. The van der Waals surface area contributed by atoms with Gasteiger partial charge in [0.05, 0.1) is 0 Å². The van der Waals surface area contributed by atoms with Crippen LogP contribution in [0.15, 0.2) is 0 Å². The topological polar surface area (TPSA) is 78.2 Å². The first kappa shape index (κ1) is 8.58. The predicted molar refractivity (Wildman–Crippen MR) is 34.4 cm³/mol. The van der Waals surface area contributed by atoms with Gasteiger partial charge in [0.25, 0.3) is 10.1 Å². The highest BCUT2D eigenvalue weighted by Crippen LogP contribution is 1.98. The van der Waals surface area contributed by atoms with E-state index in [1.54, 1.807) is 6.92 Å². The third-order valence-electron chi connectivity index (χ3n) is 0.971. The molecule has 0 aliphatic heterocycles. The average Bonchev–Trinajstić information content (AvgIpc) is 1.65. The summed E-state index contributed by atoms with van der Waals surface area (Å²) in [6.45, 7) is 1.59. The fourth-order valence-corrected chi connectivity index (χ4v) is 1.01. The summed E-state index contributed by atoms with van der Waals surface area (Å²) in [7, 11) is -4.01. The Morgan fingerprint density at radius 3 is 2.22 bits per heavy atom. The Kier molecular flexibility index (Phi) is 2.80. The van der Waals surface area contributed by atoms with E-state index in [4.69, 9.17) is 9.96 Å². The summed E-state index contributed by atoms with van der Waals surface area (Å²) in [6.07, 6.45) is 0.956. The summed E-state index contributed by atoms with van der Waals surface area (Å²) < 4.78 is 28.7. The molecular weight excluding hydrogens is 142 g/mol. The number of hydrogen-bond donors (Lipinski definition) is 2. The van der Waals surface area contributed by atoms with Crippen molar-refractivity contribution >= 4 is 16.3 Å². The first-order chi connectivity index (χ1) is 4.02. The smallest absolute Gasteiger partial charge is 0.272 e. The normalized spacial score (nSPS) is 14.9. The van der Waals surface area contributed by atoms with Crippen LogP contribution in [0.2, 0.25) is 0 Å². The second-order valence-corrected chi connectivity index (χ2v) is 3.26. The maximum atomic E-state index is 10.2. The highest BCUT2D eigenvalue weighted by Gasteiger charge is 2.16. The second kappa shape index (κ2) is 2.93. The third kappa shape index (κ3) is 2.57. The van der Waals surface area contributed by atoms with Crippen LogP contribution in [0.4, 0.5) is 0 Å². The molecule has 0 aromatic heterocycles. The van der Waals surface area contributed by atoms with Gasteiger partial charge in [0.15, 0.2) is 0 Å². The van der Waals surface area contributed by atoms with Crippen LogP contribution >= 0.6 is 0 Å². The van der Waals surface area contributed by atoms with Crippen molar-refractivity contribution < 1.29 is 13.0 Å². The zero-order valence-corrected chi connectivity index (χ0v) is 5.85. The lowest BCUT2D eigenvalue weighted by Gasteiger charge is -2.01. The highest BCUT2D eigenvalue weighted by atomic mass is 32.2. The third-order valence-corrected chi connectivity index (χ3v) is 2.21. The molecule has 0 aromatic rings. The molecule has 9 heavy (non-hydrogen) atoms. The molecule has 54 valence electrons. The van der Waals surface area contributed by atoms with E-state index < -0.39 is 15.4 Å². The van der Waals surface area contributed by atoms with Crippen molar-refractivity contribution in [2.24, 2.45) is 0 Å². The van der Waals surface area contributed by atoms with E-state index in [1.807, 2.05) is 0 Å². The van der Waals surface area contributed by atoms with E-state index in [-0.39, 0.29) is 6.42 Å². The van der Waals surface area contributed by atoms with Gasteiger partial charge >= 0.3 is 0 Å². The molecule has 0 bridgehead atoms. The summed E-state index contributed by atoms with van der Waals surface area (Å²) in [6, 6.07) is 0.